The van der Waals surface area contributed by atoms with E-state index < -0.39 is 0 Å². The maximum atomic E-state index is 12.7. The van der Waals surface area contributed by atoms with Gasteiger partial charge in [0.25, 0.3) is 0 Å². The van der Waals surface area contributed by atoms with E-state index in [1.54, 1.807) is 4.90 Å². The Labute approximate surface area is 153 Å². The molecule has 2 aliphatic carbocycles. The lowest BCUT2D eigenvalue weighted by molar-refractivity contribution is -0.933. The van der Waals surface area contributed by atoms with Crippen molar-refractivity contribution in [3.63, 3.8) is 0 Å². The van der Waals surface area contributed by atoms with Gasteiger partial charge in [-0.05, 0) is 69.1 Å². The summed E-state index contributed by atoms with van der Waals surface area (Å²) in [4.78, 5) is 14.4. The summed E-state index contributed by atoms with van der Waals surface area (Å²) in [5.74, 6) is 1.28. The molecule has 0 amide bonds. The Morgan fingerprint density at radius 1 is 1.32 bits per heavy atom. The second-order valence-corrected chi connectivity index (χ2v) is 9.62. The molecule has 140 valence electrons. The molecule has 2 saturated carbocycles. The van der Waals surface area contributed by atoms with Gasteiger partial charge in [0.1, 0.15) is 12.0 Å². The van der Waals surface area contributed by atoms with Crippen molar-refractivity contribution in [1.29, 1.82) is 0 Å². The summed E-state index contributed by atoms with van der Waals surface area (Å²) in [6.45, 7) is 11.4. The Bertz CT molecular complexity index is 544. The van der Waals surface area contributed by atoms with E-state index in [0.29, 0.717) is 17.3 Å². The van der Waals surface area contributed by atoms with Gasteiger partial charge < -0.3 is 9.64 Å². The van der Waals surface area contributed by atoms with Crippen LogP contribution < -0.4 is 4.90 Å². The van der Waals surface area contributed by atoms with Crippen molar-refractivity contribution in [2.24, 2.45) is 23.2 Å². The first-order chi connectivity index (χ1) is 12.0. The van der Waals surface area contributed by atoms with Crippen LogP contribution >= 0.6 is 0 Å². The number of rotatable bonds is 3. The highest BCUT2D eigenvalue weighted by Gasteiger charge is 2.56. The van der Waals surface area contributed by atoms with E-state index >= 15 is 0 Å². The third-order valence-electron chi connectivity index (χ3n) is 8.17. The summed E-state index contributed by atoms with van der Waals surface area (Å²) in [5.41, 5.74) is 1.76. The van der Waals surface area contributed by atoms with E-state index in [9.17, 15) is 4.79 Å². The summed E-state index contributed by atoms with van der Waals surface area (Å²) in [6, 6.07) is 0.749. The number of hydrogen-bond donors (Lipinski definition) is 1. The zero-order valence-electron chi connectivity index (χ0n) is 16.2. The lowest BCUT2D eigenvalue weighted by Gasteiger charge is -2.50. The number of fused-ring (bicyclic) bond motifs is 2. The minimum Gasteiger partial charge on any atom is -0.462 e. The number of piperidine rings is 1. The standard InChI is InChI=1S/C22H35NO2/c1-4-16-9-5-6-11-23(16)14-18-17-12-19-15(2)8-7-10-22(19,3)13-20(17)25-21(18)24/h16-20H,2,4-14H2,1,3H3/p+1/t16-,17-,18-,19-,20-,22-/m1/s1. The minimum absolute atomic E-state index is 0.107. The molecule has 1 N–H and O–H groups in total. The Morgan fingerprint density at radius 3 is 2.96 bits per heavy atom. The summed E-state index contributed by atoms with van der Waals surface area (Å²) in [7, 11) is 0. The van der Waals surface area contributed by atoms with Crippen LogP contribution in [-0.4, -0.2) is 31.2 Å². The first-order valence-electron chi connectivity index (χ1n) is 10.7. The highest BCUT2D eigenvalue weighted by atomic mass is 16.6. The van der Waals surface area contributed by atoms with E-state index in [4.69, 9.17) is 4.74 Å². The summed E-state index contributed by atoms with van der Waals surface area (Å²) >= 11 is 0. The van der Waals surface area contributed by atoms with Gasteiger partial charge in [0.2, 0.25) is 0 Å². The first-order valence-corrected chi connectivity index (χ1v) is 10.7. The fraction of sp³-hybridized carbons (Fsp3) is 0.864. The molecule has 2 aliphatic heterocycles. The molecule has 7 atom stereocenters. The molecule has 2 heterocycles. The molecule has 4 fully saturated rings. The lowest BCUT2D eigenvalue weighted by Crippen LogP contribution is -3.17. The second kappa shape index (κ2) is 6.72. The Hall–Kier alpha value is -0.830. The molecule has 0 aromatic rings. The molecule has 0 aromatic carbocycles. The number of carbonyl (C=O) groups excluding carboxylic acids is 1. The smallest absolute Gasteiger partial charge is 0.315 e. The van der Waals surface area contributed by atoms with Crippen molar-refractivity contribution in [1.82, 2.24) is 0 Å². The molecule has 1 unspecified atom stereocenters. The molecule has 0 bridgehead atoms. The fourth-order valence-electron chi connectivity index (χ4n) is 6.68. The molecule has 25 heavy (non-hydrogen) atoms. The Kier molecular flexibility index (Phi) is 4.72. The molecule has 0 spiro atoms. The third-order valence-corrected chi connectivity index (χ3v) is 8.17. The zero-order valence-corrected chi connectivity index (χ0v) is 16.2. The molecule has 4 aliphatic rings. The van der Waals surface area contributed by atoms with Gasteiger partial charge in [-0.3, -0.25) is 4.79 Å². The van der Waals surface area contributed by atoms with E-state index in [1.165, 1.54) is 57.1 Å². The summed E-state index contributed by atoms with van der Waals surface area (Å²) < 4.78 is 5.96. The average Bonchev–Trinajstić information content (AvgIpc) is 2.88. The number of quaternary nitrogens is 1. The van der Waals surface area contributed by atoms with Gasteiger partial charge in [0.05, 0.1) is 19.1 Å². The van der Waals surface area contributed by atoms with Crippen LogP contribution in [0.3, 0.4) is 0 Å². The predicted molar refractivity (Wildman–Crippen MR) is 99.3 cm³/mol. The largest absolute Gasteiger partial charge is 0.462 e. The number of ether oxygens (including phenoxy) is 1. The molecule has 2 saturated heterocycles. The van der Waals surface area contributed by atoms with Crippen molar-refractivity contribution in [3.05, 3.63) is 12.2 Å². The van der Waals surface area contributed by atoms with E-state index in [0.717, 1.165) is 25.4 Å². The van der Waals surface area contributed by atoms with Crippen LogP contribution in [0.2, 0.25) is 0 Å². The maximum Gasteiger partial charge on any atom is 0.315 e. The maximum absolute atomic E-state index is 12.7. The molecule has 3 nitrogen and oxygen atoms in total. The topological polar surface area (TPSA) is 30.7 Å². The van der Waals surface area contributed by atoms with Gasteiger partial charge in [-0.15, -0.1) is 0 Å². The minimum atomic E-state index is 0.107. The Balaban J connectivity index is 1.51. The number of allylic oxidation sites excluding steroid dienone is 1. The molecular weight excluding hydrogens is 310 g/mol. The predicted octanol–water partition coefficient (Wildman–Crippen LogP) is 3.15. The molecule has 4 rings (SSSR count). The van der Waals surface area contributed by atoms with Crippen molar-refractivity contribution >= 4 is 5.97 Å². The van der Waals surface area contributed by atoms with Crippen molar-refractivity contribution in [2.75, 3.05) is 13.1 Å². The molecule has 0 radical (unpaired) electrons. The van der Waals surface area contributed by atoms with Gasteiger partial charge in [0, 0.05) is 5.92 Å². The molecule has 0 aromatic heterocycles. The Morgan fingerprint density at radius 2 is 2.16 bits per heavy atom. The zero-order chi connectivity index (χ0) is 17.6. The van der Waals surface area contributed by atoms with Gasteiger partial charge in [-0.2, -0.15) is 0 Å². The van der Waals surface area contributed by atoms with Gasteiger partial charge >= 0.3 is 5.97 Å². The average molecular weight is 347 g/mol. The molecular formula is C22H36NO2+. The number of esters is 1. The van der Waals surface area contributed by atoms with Crippen LogP contribution in [0.15, 0.2) is 12.2 Å². The third kappa shape index (κ3) is 3.07. The number of hydrogen-bond acceptors (Lipinski definition) is 2. The number of carbonyl (C=O) groups is 1. The van der Waals surface area contributed by atoms with Crippen LogP contribution in [-0.2, 0) is 9.53 Å². The highest BCUT2D eigenvalue weighted by Crippen LogP contribution is 2.56. The van der Waals surface area contributed by atoms with Gasteiger partial charge in [-0.1, -0.05) is 26.0 Å². The highest BCUT2D eigenvalue weighted by molar-refractivity contribution is 5.75. The van der Waals surface area contributed by atoms with Crippen molar-refractivity contribution in [2.45, 2.75) is 83.8 Å². The number of likely N-dealkylation sites (tertiary alicyclic amines) is 1. The first kappa shape index (κ1) is 17.6. The quantitative estimate of drug-likeness (QED) is 0.629. The van der Waals surface area contributed by atoms with E-state index in [1.807, 2.05) is 0 Å². The monoisotopic (exact) mass is 346 g/mol. The fourth-order valence-corrected chi connectivity index (χ4v) is 6.68. The van der Waals surface area contributed by atoms with Crippen LogP contribution in [0.5, 0.6) is 0 Å². The van der Waals surface area contributed by atoms with Crippen LogP contribution in [0.1, 0.15) is 71.6 Å². The van der Waals surface area contributed by atoms with E-state index in [2.05, 4.69) is 20.4 Å². The molecule has 3 heteroatoms. The van der Waals surface area contributed by atoms with Crippen molar-refractivity contribution in [3.8, 4) is 0 Å². The van der Waals surface area contributed by atoms with E-state index in [-0.39, 0.29) is 18.0 Å². The van der Waals surface area contributed by atoms with Crippen LogP contribution in [0, 0.1) is 23.2 Å². The lowest BCUT2D eigenvalue weighted by atomic mass is 9.55. The second-order valence-electron chi connectivity index (χ2n) is 9.62. The SMILES string of the molecule is C=C1CCC[C@]2(C)C[C@H]3OC(=O)[C@H](C[NH+]4CCCC[C@H]4CC)[C@H]3C[C@H]12. The van der Waals surface area contributed by atoms with Crippen molar-refractivity contribution < 1.29 is 14.4 Å². The van der Waals surface area contributed by atoms with Crippen LogP contribution in [0.25, 0.3) is 0 Å². The summed E-state index contributed by atoms with van der Waals surface area (Å²) in [5, 5.41) is 0. The van der Waals surface area contributed by atoms with Gasteiger partial charge in [0.15, 0.2) is 0 Å². The normalized spacial score (nSPS) is 47.1. The summed E-state index contributed by atoms with van der Waals surface area (Å²) in [6.07, 6.45) is 11.4. The van der Waals surface area contributed by atoms with Gasteiger partial charge in [-0.25, -0.2) is 0 Å². The van der Waals surface area contributed by atoms with Crippen LogP contribution in [0.4, 0.5) is 0 Å². The number of nitrogens with one attached hydrogen (secondary N) is 1.